The number of hydrogen-bond acceptors (Lipinski definition) is 8. The largest absolute Gasteiger partial charge is 0.468 e. The second kappa shape index (κ2) is 9.36. The van der Waals surface area contributed by atoms with E-state index in [-0.39, 0.29) is 5.69 Å². The van der Waals surface area contributed by atoms with Gasteiger partial charge >= 0.3 is 17.9 Å². The fourth-order valence-corrected chi connectivity index (χ4v) is 2.22. The Morgan fingerprint density at radius 1 is 0.960 bits per heavy atom. The predicted octanol–water partition coefficient (Wildman–Crippen LogP) is -0.0487. The van der Waals surface area contributed by atoms with Gasteiger partial charge in [0.25, 0.3) is 5.91 Å². The molecule has 0 fully saturated rings. The lowest BCUT2D eigenvalue weighted by Gasteiger charge is -2.26. The summed E-state index contributed by atoms with van der Waals surface area (Å²) in [6, 6.07) is 3.39. The van der Waals surface area contributed by atoms with E-state index in [1.807, 2.05) is 0 Å². The van der Waals surface area contributed by atoms with Crippen molar-refractivity contribution in [1.29, 1.82) is 0 Å². The molecule has 0 aliphatic rings. The van der Waals surface area contributed by atoms with Crippen molar-refractivity contribution in [3.05, 3.63) is 30.1 Å². The molecular formula is C16H20N2O7. The number of carbonyl (C=O) groups excluding carboxylic acids is 4. The minimum Gasteiger partial charge on any atom is -0.468 e. The van der Waals surface area contributed by atoms with Crippen LogP contribution in [0.3, 0.4) is 0 Å². The molecule has 0 aliphatic carbocycles. The lowest BCUT2D eigenvalue weighted by atomic mass is 9.87. The van der Waals surface area contributed by atoms with Crippen LogP contribution >= 0.6 is 0 Å². The van der Waals surface area contributed by atoms with E-state index in [9.17, 15) is 19.2 Å². The van der Waals surface area contributed by atoms with Crippen LogP contribution in [0, 0.1) is 11.8 Å². The molecule has 1 rings (SSSR count). The number of aromatic nitrogens is 1. The van der Waals surface area contributed by atoms with Gasteiger partial charge in [-0.15, -0.1) is 0 Å². The predicted molar refractivity (Wildman–Crippen MR) is 84.2 cm³/mol. The maximum atomic E-state index is 12.3. The van der Waals surface area contributed by atoms with Gasteiger partial charge in [-0.05, 0) is 12.1 Å². The molecule has 0 unspecified atom stereocenters. The topological polar surface area (TPSA) is 121 Å². The van der Waals surface area contributed by atoms with E-state index < -0.39 is 41.7 Å². The monoisotopic (exact) mass is 352 g/mol. The highest BCUT2D eigenvalue weighted by Crippen LogP contribution is 2.20. The van der Waals surface area contributed by atoms with Crippen LogP contribution in [0.4, 0.5) is 0 Å². The summed E-state index contributed by atoms with van der Waals surface area (Å²) in [6.07, 6.45) is 1.41. The van der Waals surface area contributed by atoms with Crippen LogP contribution in [0.1, 0.15) is 17.4 Å². The molecule has 0 aliphatic heterocycles. The minimum atomic E-state index is -1.41. The lowest BCUT2D eigenvalue weighted by molar-refractivity contribution is -0.162. The van der Waals surface area contributed by atoms with E-state index in [1.165, 1.54) is 19.2 Å². The minimum absolute atomic E-state index is 0.0660. The molecule has 0 aromatic carbocycles. The number of hydrogen-bond donors (Lipinski definition) is 1. The number of nitrogens with one attached hydrogen (secondary N) is 1. The Balaban J connectivity index is 3.11. The number of amides is 1. The summed E-state index contributed by atoms with van der Waals surface area (Å²) in [4.78, 5) is 52.1. The maximum Gasteiger partial charge on any atom is 0.328 e. The molecular weight excluding hydrogens is 332 g/mol. The molecule has 9 nitrogen and oxygen atoms in total. The molecule has 2 atom stereocenters. The summed E-state index contributed by atoms with van der Waals surface area (Å²) < 4.78 is 13.9. The van der Waals surface area contributed by atoms with Crippen molar-refractivity contribution < 1.29 is 33.4 Å². The quantitative estimate of drug-likeness (QED) is 0.412. The maximum absolute atomic E-state index is 12.3. The van der Waals surface area contributed by atoms with Crippen molar-refractivity contribution in [2.45, 2.75) is 13.0 Å². The average Bonchev–Trinajstić information content (AvgIpc) is 2.65. The Bertz CT molecular complexity index is 617. The Hall–Kier alpha value is -2.97. The fourth-order valence-electron chi connectivity index (χ4n) is 2.22. The Kier molecular flexibility index (Phi) is 7.51. The van der Waals surface area contributed by atoms with E-state index in [0.29, 0.717) is 0 Å². The van der Waals surface area contributed by atoms with Crippen molar-refractivity contribution in [1.82, 2.24) is 10.3 Å². The summed E-state index contributed by atoms with van der Waals surface area (Å²) in [6.45, 7) is 1.43. The number of methoxy groups -OCH3 is 3. The van der Waals surface area contributed by atoms with Gasteiger partial charge in [0.05, 0.1) is 21.3 Å². The average molecular weight is 352 g/mol. The Morgan fingerprint density at radius 2 is 1.52 bits per heavy atom. The van der Waals surface area contributed by atoms with Crippen molar-refractivity contribution in [3.63, 3.8) is 0 Å². The first kappa shape index (κ1) is 20.1. The van der Waals surface area contributed by atoms with Crippen LogP contribution in [0.5, 0.6) is 0 Å². The first-order chi connectivity index (χ1) is 11.9. The molecule has 9 heteroatoms. The fraction of sp³-hybridized carbons (Fsp3) is 0.438. The third kappa shape index (κ3) is 5.00. The zero-order valence-corrected chi connectivity index (χ0v) is 14.3. The van der Waals surface area contributed by atoms with E-state index in [4.69, 9.17) is 0 Å². The van der Waals surface area contributed by atoms with E-state index in [1.54, 1.807) is 12.1 Å². The molecule has 136 valence electrons. The number of ether oxygens (including phenoxy) is 3. The Labute approximate surface area is 144 Å². The molecule has 1 aromatic rings. The van der Waals surface area contributed by atoms with Crippen molar-refractivity contribution in [3.8, 4) is 0 Å². The number of esters is 3. The number of carbonyl (C=O) groups is 4. The molecule has 0 saturated heterocycles. The van der Waals surface area contributed by atoms with Gasteiger partial charge in [0.1, 0.15) is 11.7 Å². The molecule has 1 amide bonds. The second-order valence-corrected chi connectivity index (χ2v) is 5.07. The number of pyridine rings is 1. The third-order valence-corrected chi connectivity index (χ3v) is 3.60. The van der Waals surface area contributed by atoms with Gasteiger partial charge in [0.2, 0.25) is 0 Å². The highest BCUT2D eigenvalue weighted by molar-refractivity contribution is 5.98. The molecule has 1 heterocycles. The molecule has 1 aromatic heterocycles. The summed E-state index contributed by atoms with van der Waals surface area (Å²) in [5, 5.41) is 2.43. The van der Waals surface area contributed by atoms with Crippen LogP contribution in [0.15, 0.2) is 24.4 Å². The highest BCUT2D eigenvalue weighted by Gasteiger charge is 2.42. The van der Waals surface area contributed by atoms with Gasteiger partial charge in [-0.3, -0.25) is 19.4 Å². The molecule has 0 saturated carbocycles. The first-order valence-corrected chi connectivity index (χ1v) is 7.32. The van der Waals surface area contributed by atoms with Gasteiger partial charge in [0.15, 0.2) is 5.92 Å². The van der Waals surface area contributed by atoms with Crippen molar-refractivity contribution >= 4 is 23.8 Å². The molecule has 0 spiro atoms. The number of rotatable bonds is 7. The van der Waals surface area contributed by atoms with Crippen molar-refractivity contribution in [2.24, 2.45) is 11.8 Å². The van der Waals surface area contributed by atoms with Crippen LogP contribution < -0.4 is 5.32 Å². The summed E-state index contributed by atoms with van der Waals surface area (Å²) in [7, 11) is 3.33. The van der Waals surface area contributed by atoms with Gasteiger partial charge in [0, 0.05) is 12.1 Å². The van der Waals surface area contributed by atoms with Crippen LogP contribution in [-0.4, -0.2) is 56.2 Å². The standard InChI is InChI=1S/C16H20N2O7/c1-9(11(14(20)23-2)15(21)24-3)12(16(22)25-4)18-13(19)10-7-5-6-8-17-10/h5-9,11-12H,1-4H3,(H,18,19)/t9-,12-/m0/s1. The van der Waals surface area contributed by atoms with Crippen molar-refractivity contribution in [2.75, 3.05) is 21.3 Å². The van der Waals surface area contributed by atoms with E-state index in [2.05, 4.69) is 24.5 Å². The summed E-state index contributed by atoms with van der Waals surface area (Å²) in [5.41, 5.74) is 0.0660. The third-order valence-electron chi connectivity index (χ3n) is 3.60. The Morgan fingerprint density at radius 3 is 1.96 bits per heavy atom. The lowest BCUT2D eigenvalue weighted by Crippen LogP contribution is -2.51. The molecule has 25 heavy (non-hydrogen) atoms. The van der Waals surface area contributed by atoms with E-state index >= 15 is 0 Å². The summed E-state index contributed by atoms with van der Waals surface area (Å²) in [5.74, 6) is -5.66. The van der Waals surface area contributed by atoms with Gasteiger partial charge < -0.3 is 19.5 Å². The SMILES string of the molecule is COC(=O)C(C(=O)OC)[C@H](C)[C@H](NC(=O)c1ccccn1)C(=O)OC. The van der Waals surface area contributed by atoms with Crippen LogP contribution in [0.25, 0.3) is 0 Å². The first-order valence-electron chi connectivity index (χ1n) is 7.32. The molecule has 1 N–H and O–H groups in total. The smallest absolute Gasteiger partial charge is 0.328 e. The zero-order chi connectivity index (χ0) is 19.0. The molecule has 0 bridgehead atoms. The van der Waals surface area contributed by atoms with Gasteiger partial charge in [-0.2, -0.15) is 0 Å². The van der Waals surface area contributed by atoms with Gasteiger partial charge in [-0.1, -0.05) is 13.0 Å². The van der Waals surface area contributed by atoms with E-state index in [0.717, 1.165) is 21.3 Å². The second-order valence-electron chi connectivity index (χ2n) is 5.07. The number of nitrogens with zero attached hydrogens (tertiary/aromatic N) is 1. The van der Waals surface area contributed by atoms with Crippen LogP contribution in [0.2, 0.25) is 0 Å². The molecule has 0 radical (unpaired) electrons. The zero-order valence-electron chi connectivity index (χ0n) is 14.3. The highest BCUT2D eigenvalue weighted by atomic mass is 16.5. The van der Waals surface area contributed by atoms with Crippen LogP contribution in [-0.2, 0) is 28.6 Å². The normalized spacial score (nSPS) is 12.7. The summed E-state index contributed by atoms with van der Waals surface area (Å²) >= 11 is 0. The van der Waals surface area contributed by atoms with Gasteiger partial charge in [-0.25, -0.2) is 4.79 Å².